The van der Waals surface area contributed by atoms with E-state index in [9.17, 15) is 9.59 Å². The van der Waals surface area contributed by atoms with Crippen molar-refractivity contribution < 1.29 is 9.59 Å². The molecule has 1 aliphatic carbocycles. The van der Waals surface area contributed by atoms with Crippen LogP contribution in [-0.2, 0) is 0 Å². The summed E-state index contributed by atoms with van der Waals surface area (Å²) in [7, 11) is 0. The minimum atomic E-state index is 0.442. The zero-order valence-electron chi connectivity index (χ0n) is 8.88. The Balaban J connectivity index is 2.44. The van der Waals surface area contributed by atoms with Gasteiger partial charge in [-0.2, -0.15) is 0 Å². The highest BCUT2D eigenvalue weighted by Gasteiger charge is 2.23. The molecule has 2 rings (SSSR count). The molecule has 0 atom stereocenters. The molecule has 3 heteroatoms. The van der Waals surface area contributed by atoms with Gasteiger partial charge in [0.15, 0.2) is 12.6 Å². The molecule has 0 bridgehead atoms. The van der Waals surface area contributed by atoms with Gasteiger partial charge in [0.2, 0.25) is 0 Å². The van der Waals surface area contributed by atoms with Crippen molar-refractivity contribution >= 4 is 12.6 Å². The van der Waals surface area contributed by atoms with E-state index in [4.69, 9.17) is 0 Å². The molecule has 1 aliphatic rings. The van der Waals surface area contributed by atoms with Crippen LogP contribution < -0.4 is 0 Å². The van der Waals surface area contributed by atoms with E-state index in [2.05, 4.69) is 4.98 Å². The molecule has 0 aliphatic heterocycles. The Hall–Kier alpha value is -1.38. The van der Waals surface area contributed by atoms with Crippen molar-refractivity contribution in [1.82, 2.24) is 4.98 Å². The van der Waals surface area contributed by atoms with E-state index in [1.54, 1.807) is 0 Å². The monoisotopic (exact) mass is 205 g/mol. The van der Waals surface area contributed by atoms with Crippen molar-refractivity contribution in [3.8, 4) is 0 Å². The normalized spacial score (nSPS) is 16.9. The fraction of sp³-hybridized carbons (Fsp3) is 0.500. The van der Waals surface area contributed by atoms with Crippen LogP contribution in [0.4, 0.5) is 0 Å². The Morgan fingerprint density at radius 2 is 1.87 bits per heavy atom. The molecule has 0 aromatic carbocycles. The first kappa shape index (κ1) is 10.1. The van der Waals surface area contributed by atoms with Crippen LogP contribution in [0.15, 0.2) is 0 Å². The lowest BCUT2D eigenvalue weighted by atomic mass is 9.99. The van der Waals surface area contributed by atoms with Gasteiger partial charge >= 0.3 is 0 Å². The molecule has 0 unspecified atom stereocenters. The molecule has 0 spiro atoms. The van der Waals surface area contributed by atoms with Crippen LogP contribution in [0.3, 0.4) is 0 Å². The van der Waals surface area contributed by atoms with Crippen LogP contribution in [0.5, 0.6) is 0 Å². The molecule has 1 aromatic rings. The maximum absolute atomic E-state index is 11.0. The summed E-state index contributed by atoms with van der Waals surface area (Å²) in [5.74, 6) is 0.442. The number of H-pyrrole nitrogens is 1. The predicted molar refractivity (Wildman–Crippen MR) is 57.5 cm³/mol. The second-order valence-electron chi connectivity index (χ2n) is 4.21. The minimum absolute atomic E-state index is 0.442. The standard InChI is InChI=1S/C12H15NO2/c1-8-10(6-14)12(13-11(8)7-15)9-4-2-3-5-9/h6-7,9,13H,2-5H2,1H3. The molecular weight excluding hydrogens is 190 g/mol. The van der Waals surface area contributed by atoms with Gasteiger partial charge in [-0.05, 0) is 31.2 Å². The van der Waals surface area contributed by atoms with Gasteiger partial charge in [-0.1, -0.05) is 12.8 Å². The molecule has 0 radical (unpaired) electrons. The first-order valence-electron chi connectivity index (χ1n) is 5.40. The van der Waals surface area contributed by atoms with Gasteiger partial charge in [-0.25, -0.2) is 0 Å². The number of aromatic amines is 1. The van der Waals surface area contributed by atoms with E-state index in [0.717, 1.165) is 36.7 Å². The topological polar surface area (TPSA) is 49.9 Å². The van der Waals surface area contributed by atoms with Crippen LogP contribution in [0.25, 0.3) is 0 Å². The molecule has 1 fully saturated rings. The average Bonchev–Trinajstić information content (AvgIpc) is 2.84. The van der Waals surface area contributed by atoms with Gasteiger partial charge in [0.25, 0.3) is 0 Å². The maximum Gasteiger partial charge on any atom is 0.166 e. The highest BCUT2D eigenvalue weighted by Crippen LogP contribution is 2.36. The molecule has 1 saturated carbocycles. The SMILES string of the molecule is Cc1c(C=O)[nH]c(C2CCCC2)c1C=O. The molecule has 80 valence electrons. The van der Waals surface area contributed by atoms with Crippen LogP contribution >= 0.6 is 0 Å². The van der Waals surface area contributed by atoms with E-state index >= 15 is 0 Å². The largest absolute Gasteiger partial charge is 0.355 e. The van der Waals surface area contributed by atoms with Crippen molar-refractivity contribution in [2.24, 2.45) is 0 Å². The smallest absolute Gasteiger partial charge is 0.166 e. The maximum atomic E-state index is 11.0. The number of hydrogen-bond donors (Lipinski definition) is 1. The van der Waals surface area contributed by atoms with Gasteiger partial charge in [0.1, 0.15) is 0 Å². The lowest BCUT2D eigenvalue weighted by molar-refractivity contribution is 0.111. The fourth-order valence-corrected chi connectivity index (χ4v) is 2.46. The molecule has 1 aromatic heterocycles. The summed E-state index contributed by atoms with van der Waals surface area (Å²) in [6.45, 7) is 1.82. The summed E-state index contributed by atoms with van der Waals surface area (Å²) < 4.78 is 0. The summed E-state index contributed by atoms with van der Waals surface area (Å²) >= 11 is 0. The average molecular weight is 205 g/mol. The lowest BCUT2D eigenvalue weighted by Gasteiger charge is -2.07. The summed E-state index contributed by atoms with van der Waals surface area (Å²) in [6, 6.07) is 0. The summed E-state index contributed by atoms with van der Waals surface area (Å²) in [6.07, 6.45) is 6.35. The molecular formula is C12H15NO2. The zero-order valence-corrected chi connectivity index (χ0v) is 8.88. The van der Waals surface area contributed by atoms with Crippen LogP contribution in [0, 0.1) is 6.92 Å². The number of rotatable bonds is 3. The van der Waals surface area contributed by atoms with Gasteiger partial charge in [0.05, 0.1) is 5.69 Å². The van der Waals surface area contributed by atoms with E-state index in [0.29, 0.717) is 17.2 Å². The van der Waals surface area contributed by atoms with E-state index in [1.165, 1.54) is 12.8 Å². The summed E-state index contributed by atoms with van der Waals surface area (Å²) in [5.41, 5.74) is 3.02. The van der Waals surface area contributed by atoms with Crippen LogP contribution in [0.1, 0.15) is 63.7 Å². The van der Waals surface area contributed by atoms with Crippen molar-refractivity contribution in [2.75, 3.05) is 0 Å². The molecule has 3 nitrogen and oxygen atoms in total. The number of nitrogens with one attached hydrogen (secondary N) is 1. The van der Waals surface area contributed by atoms with Crippen molar-refractivity contribution in [3.63, 3.8) is 0 Å². The van der Waals surface area contributed by atoms with Gasteiger partial charge in [-0.3, -0.25) is 9.59 Å². The highest BCUT2D eigenvalue weighted by molar-refractivity contribution is 5.86. The molecule has 15 heavy (non-hydrogen) atoms. The number of carbonyl (C=O) groups excluding carboxylic acids is 2. The summed E-state index contributed by atoms with van der Waals surface area (Å²) in [4.78, 5) is 24.9. The van der Waals surface area contributed by atoms with Gasteiger partial charge in [0, 0.05) is 11.3 Å². The molecule has 0 saturated heterocycles. The minimum Gasteiger partial charge on any atom is -0.355 e. The summed E-state index contributed by atoms with van der Waals surface area (Å²) in [5, 5.41) is 0. The zero-order chi connectivity index (χ0) is 10.8. The number of aldehydes is 2. The van der Waals surface area contributed by atoms with Crippen molar-refractivity contribution in [3.05, 3.63) is 22.5 Å². The molecule has 1 N–H and O–H groups in total. The first-order chi connectivity index (χ1) is 7.27. The Labute approximate surface area is 88.9 Å². The quantitative estimate of drug-likeness (QED) is 0.771. The molecule has 0 amide bonds. The van der Waals surface area contributed by atoms with E-state index < -0.39 is 0 Å². The van der Waals surface area contributed by atoms with E-state index in [1.807, 2.05) is 6.92 Å². The Bertz CT molecular complexity index is 387. The first-order valence-corrected chi connectivity index (χ1v) is 5.40. The van der Waals surface area contributed by atoms with E-state index in [-0.39, 0.29) is 0 Å². The second kappa shape index (κ2) is 4.01. The third kappa shape index (κ3) is 1.62. The Kier molecular flexibility index (Phi) is 2.71. The van der Waals surface area contributed by atoms with Gasteiger partial charge in [-0.15, -0.1) is 0 Å². The fourth-order valence-electron chi connectivity index (χ4n) is 2.46. The predicted octanol–water partition coefficient (Wildman–Crippen LogP) is 2.61. The Morgan fingerprint density at radius 1 is 1.20 bits per heavy atom. The van der Waals surface area contributed by atoms with Crippen LogP contribution in [-0.4, -0.2) is 17.6 Å². The number of aromatic nitrogens is 1. The lowest BCUT2D eigenvalue weighted by Crippen LogP contribution is -1.97. The third-order valence-corrected chi connectivity index (χ3v) is 3.37. The number of hydrogen-bond acceptors (Lipinski definition) is 2. The highest BCUT2D eigenvalue weighted by atomic mass is 16.1. The third-order valence-electron chi connectivity index (χ3n) is 3.37. The molecule has 1 heterocycles. The number of carbonyl (C=O) groups is 2. The second-order valence-corrected chi connectivity index (χ2v) is 4.21. The van der Waals surface area contributed by atoms with Crippen LogP contribution in [0.2, 0.25) is 0 Å². The van der Waals surface area contributed by atoms with Crippen molar-refractivity contribution in [2.45, 2.75) is 38.5 Å². The van der Waals surface area contributed by atoms with Gasteiger partial charge < -0.3 is 4.98 Å². The Morgan fingerprint density at radius 3 is 2.40 bits per heavy atom. The van der Waals surface area contributed by atoms with Crippen molar-refractivity contribution in [1.29, 1.82) is 0 Å².